The normalized spacial score (nSPS) is 17.9. The summed E-state index contributed by atoms with van der Waals surface area (Å²) in [4.78, 5) is 1.42. The monoisotopic (exact) mass is 318 g/mol. The Kier molecular flexibility index (Phi) is 5.03. The zero-order chi connectivity index (χ0) is 13.8. The molecule has 0 spiro atoms. The maximum atomic E-state index is 4.12. The largest absolute Gasteiger partial charge is 0.156 e. The average Bonchev–Trinajstić information content (AvgIpc) is 2.45. The van der Waals surface area contributed by atoms with Crippen LogP contribution >= 0.6 is 35.3 Å². The fourth-order valence-electron chi connectivity index (χ4n) is 2.31. The molecule has 0 bridgehead atoms. The van der Waals surface area contributed by atoms with E-state index in [1.165, 1.54) is 32.7 Å². The molecule has 0 aromatic heterocycles. The van der Waals surface area contributed by atoms with Gasteiger partial charge in [-0.2, -0.15) is 23.5 Å². The molecule has 3 heteroatoms. The highest BCUT2D eigenvalue weighted by atomic mass is 32.2. The number of fused-ring (bicyclic) bond motifs is 1. The van der Waals surface area contributed by atoms with Crippen molar-refractivity contribution in [2.75, 3.05) is 23.0 Å². The number of hydrogen-bond acceptors (Lipinski definition) is 3. The Bertz CT molecular complexity index is 589. The molecule has 1 saturated heterocycles. The van der Waals surface area contributed by atoms with E-state index in [1.54, 1.807) is 0 Å². The fourth-order valence-corrected chi connectivity index (χ4v) is 6.31. The third-order valence-electron chi connectivity index (χ3n) is 3.26. The van der Waals surface area contributed by atoms with Gasteiger partial charge in [-0.3, -0.25) is 0 Å². The lowest BCUT2D eigenvalue weighted by Crippen LogP contribution is -2.14. The van der Waals surface area contributed by atoms with Gasteiger partial charge in [0.25, 0.3) is 0 Å². The summed E-state index contributed by atoms with van der Waals surface area (Å²) >= 11 is 6.12. The molecule has 1 aliphatic rings. The number of hydrogen-bond donors (Lipinski definition) is 0. The molecule has 3 rings (SSSR count). The van der Waals surface area contributed by atoms with E-state index < -0.39 is 0 Å². The van der Waals surface area contributed by atoms with Gasteiger partial charge < -0.3 is 0 Å². The zero-order valence-corrected chi connectivity index (χ0v) is 13.8. The molecule has 0 atom stereocenters. The van der Waals surface area contributed by atoms with Crippen molar-refractivity contribution < 1.29 is 0 Å². The Morgan fingerprint density at radius 3 is 2.45 bits per heavy atom. The van der Waals surface area contributed by atoms with Crippen LogP contribution in [0.2, 0.25) is 0 Å². The van der Waals surface area contributed by atoms with Gasteiger partial charge in [-0.05, 0) is 16.8 Å². The smallest absolute Gasteiger partial charge is 0.0276 e. The summed E-state index contributed by atoms with van der Waals surface area (Å²) in [5.41, 5.74) is 1.38. The van der Waals surface area contributed by atoms with Gasteiger partial charge in [0.05, 0.1) is 0 Å². The summed E-state index contributed by atoms with van der Waals surface area (Å²) in [5, 5.41) is 3.43. The first-order valence-corrected chi connectivity index (χ1v) is 9.98. The minimum absolute atomic E-state index is 0.698. The van der Waals surface area contributed by atoms with Crippen LogP contribution in [0.1, 0.15) is 0 Å². The lowest BCUT2D eigenvalue weighted by Gasteiger charge is -2.20. The topological polar surface area (TPSA) is 0 Å². The molecule has 0 saturated carbocycles. The highest BCUT2D eigenvalue weighted by Crippen LogP contribution is 2.35. The molecule has 2 aromatic carbocycles. The molecule has 20 heavy (non-hydrogen) atoms. The van der Waals surface area contributed by atoms with E-state index in [4.69, 9.17) is 0 Å². The van der Waals surface area contributed by atoms with Gasteiger partial charge in [0.2, 0.25) is 0 Å². The summed E-state index contributed by atoms with van der Waals surface area (Å²) in [5.74, 6) is 4.69. The first-order chi connectivity index (χ1) is 9.83. The highest BCUT2D eigenvalue weighted by Gasteiger charge is 2.15. The summed E-state index contributed by atoms with van der Waals surface area (Å²) < 4.78 is 0. The molecular weight excluding hydrogens is 300 g/mol. The van der Waals surface area contributed by atoms with Crippen LogP contribution in [0.3, 0.4) is 0 Å². The average molecular weight is 319 g/mol. The molecule has 1 heterocycles. The van der Waals surface area contributed by atoms with Crippen LogP contribution in [-0.4, -0.2) is 28.3 Å². The van der Waals surface area contributed by atoms with Crippen LogP contribution in [-0.2, 0) is 0 Å². The van der Waals surface area contributed by atoms with E-state index in [2.05, 4.69) is 49.0 Å². The number of rotatable bonds is 2. The van der Waals surface area contributed by atoms with Crippen LogP contribution in [0.5, 0.6) is 0 Å². The molecule has 0 N–H and O–H groups in total. The first kappa shape index (κ1) is 14.4. The van der Waals surface area contributed by atoms with Crippen molar-refractivity contribution in [3.8, 4) is 0 Å². The molecule has 104 valence electrons. The Morgan fingerprint density at radius 1 is 0.950 bits per heavy atom. The van der Waals surface area contributed by atoms with E-state index >= 15 is 0 Å². The van der Waals surface area contributed by atoms with Gasteiger partial charge in [0, 0.05) is 33.2 Å². The molecule has 0 nitrogen and oxygen atoms in total. The van der Waals surface area contributed by atoms with Crippen LogP contribution < -0.4 is 0 Å². The molecule has 0 amide bonds. The quantitative estimate of drug-likeness (QED) is 0.686. The third kappa shape index (κ3) is 3.57. The number of thioether (sulfide) groups is 3. The summed E-state index contributed by atoms with van der Waals surface area (Å²) in [6.45, 7) is 4.12. The lowest BCUT2D eigenvalue weighted by atomic mass is 10.1. The SMILES string of the molecule is C=C1CSCC(Sc2cccc3ccccc23)CSC1. The third-order valence-corrected chi connectivity index (χ3v) is 7.46. The standard InChI is InChI=1S/C17H18S3/c1-13-9-18-11-15(12-19-10-13)20-17-8-4-6-14-5-2-3-7-16(14)17/h2-8,15H,1,9-12H2. The van der Waals surface area contributed by atoms with Gasteiger partial charge in [0.1, 0.15) is 0 Å². The Labute approximate surface area is 133 Å². The molecule has 0 aliphatic carbocycles. The fraction of sp³-hybridized carbons (Fsp3) is 0.294. The van der Waals surface area contributed by atoms with E-state index in [0.29, 0.717) is 5.25 Å². The van der Waals surface area contributed by atoms with Gasteiger partial charge in [-0.15, -0.1) is 11.8 Å². The Balaban J connectivity index is 1.77. The van der Waals surface area contributed by atoms with E-state index in [9.17, 15) is 0 Å². The first-order valence-electron chi connectivity index (χ1n) is 6.79. The van der Waals surface area contributed by atoms with Crippen LogP contribution in [0.15, 0.2) is 59.5 Å². The summed E-state index contributed by atoms with van der Waals surface area (Å²) in [6, 6.07) is 15.3. The van der Waals surface area contributed by atoms with Crippen molar-refractivity contribution in [3.63, 3.8) is 0 Å². The van der Waals surface area contributed by atoms with Crippen molar-refractivity contribution in [1.82, 2.24) is 0 Å². The van der Waals surface area contributed by atoms with Gasteiger partial charge in [0.15, 0.2) is 0 Å². The highest BCUT2D eigenvalue weighted by molar-refractivity contribution is 8.05. The lowest BCUT2D eigenvalue weighted by molar-refractivity contribution is 1.14. The van der Waals surface area contributed by atoms with Crippen molar-refractivity contribution in [3.05, 3.63) is 54.6 Å². The predicted octanol–water partition coefficient (Wildman–Crippen LogP) is 5.34. The molecule has 1 aliphatic heterocycles. The second-order valence-electron chi connectivity index (χ2n) is 5.00. The van der Waals surface area contributed by atoms with Crippen molar-refractivity contribution in [1.29, 1.82) is 0 Å². The number of benzene rings is 2. The second-order valence-corrected chi connectivity index (χ2v) is 8.40. The molecular formula is C17H18S3. The zero-order valence-electron chi connectivity index (χ0n) is 11.4. The minimum Gasteiger partial charge on any atom is -0.156 e. The summed E-state index contributed by atoms with van der Waals surface area (Å²) in [6.07, 6.45) is 0. The van der Waals surface area contributed by atoms with Crippen molar-refractivity contribution >= 4 is 46.1 Å². The van der Waals surface area contributed by atoms with E-state index in [1.807, 2.05) is 35.3 Å². The Morgan fingerprint density at radius 2 is 1.65 bits per heavy atom. The Hall–Kier alpha value is -0.510. The molecule has 1 fully saturated rings. The van der Waals surface area contributed by atoms with Crippen LogP contribution in [0, 0.1) is 0 Å². The minimum atomic E-state index is 0.698. The van der Waals surface area contributed by atoms with Crippen LogP contribution in [0.25, 0.3) is 10.8 Å². The summed E-state index contributed by atoms with van der Waals surface area (Å²) in [7, 11) is 0. The second kappa shape index (κ2) is 6.97. The maximum absolute atomic E-state index is 4.12. The van der Waals surface area contributed by atoms with E-state index in [-0.39, 0.29) is 0 Å². The van der Waals surface area contributed by atoms with Gasteiger partial charge in [-0.25, -0.2) is 0 Å². The predicted molar refractivity (Wildman–Crippen MR) is 97.4 cm³/mol. The molecule has 2 aromatic rings. The van der Waals surface area contributed by atoms with Crippen molar-refractivity contribution in [2.45, 2.75) is 10.1 Å². The van der Waals surface area contributed by atoms with Gasteiger partial charge in [-0.1, -0.05) is 48.6 Å². The van der Waals surface area contributed by atoms with Crippen molar-refractivity contribution in [2.24, 2.45) is 0 Å². The molecule has 0 unspecified atom stereocenters. The van der Waals surface area contributed by atoms with Gasteiger partial charge >= 0.3 is 0 Å². The molecule has 0 radical (unpaired) electrons. The van der Waals surface area contributed by atoms with Crippen LogP contribution in [0.4, 0.5) is 0 Å². The van der Waals surface area contributed by atoms with E-state index in [0.717, 1.165) is 11.5 Å². The maximum Gasteiger partial charge on any atom is 0.0276 e.